The van der Waals surface area contributed by atoms with Crippen LogP contribution in [-0.4, -0.2) is 20.5 Å². The fraction of sp³-hybridized carbons (Fsp3) is 0.250. The van der Waals surface area contributed by atoms with Crippen molar-refractivity contribution in [1.29, 1.82) is 0 Å². The lowest BCUT2D eigenvalue weighted by Gasteiger charge is -2.05. The fourth-order valence-corrected chi connectivity index (χ4v) is 3.62. The summed E-state index contributed by atoms with van der Waals surface area (Å²) in [6, 6.07) is 7.87. The number of carboxylic acid groups (broad SMARTS) is 1. The fourth-order valence-electron chi connectivity index (χ4n) is 1.54. The molecule has 2 unspecified atom stereocenters. The molecule has 0 aliphatic heterocycles. The summed E-state index contributed by atoms with van der Waals surface area (Å²) in [5, 5.41) is 11.0. The van der Waals surface area contributed by atoms with E-state index in [4.69, 9.17) is 5.11 Å². The molecule has 1 aromatic carbocycles. The van der Waals surface area contributed by atoms with Crippen molar-refractivity contribution in [3.63, 3.8) is 0 Å². The molecule has 90 valence electrons. The lowest BCUT2D eigenvalue weighted by Crippen LogP contribution is -2.22. The maximum atomic E-state index is 11.8. The first-order valence-electron chi connectivity index (χ1n) is 5.14. The summed E-state index contributed by atoms with van der Waals surface area (Å²) in [6.07, 6.45) is 0. The number of carboxylic acids is 1. The maximum absolute atomic E-state index is 11.8. The molecule has 1 N–H and O–H groups in total. The minimum atomic E-state index is -1.37. The van der Waals surface area contributed by atoms with Gasteiger partial charge in [0.2, 0.25) is 0 Å². The highest BCUT2D eigenvalue weighted by Gasteiger charge is 2.20. The first kappa shape index (κ1) is 12.3. The molecular weight excluding hydrogens is 256 g/mol. The van der Waals surface area contributed by atoms with Crippen LogP contribution in [0.25, 0.3) is 10.1 Å². The van der Waals surface area contributed by atoms with Crippen molar-refractivity contribution in [2.45, 2.75) is 17.9 Å². The van der Waals surface area contributed by atoms with Crippen LogP contribution in [0.1, 0.15) is 12.5 Å². The summed E-state index contributed by atoms with van der Waals surface area (Å²) in [6.45, 7) is 1.48. The SMILES string of the molecule is CC(C(=O)O)S(=O)Cc1csc2ccccc12. The second-order valence-corrected chi connectivity index (χ2v) is 6.43. The Labute approximate surface area is 106 Å². The minimum absolute atomic E-state index is 0.303. The smallest absolute Gasteiger partial charge is 0.318 e. The van der Waals surface area contributed by atoms with Crippen molar-refractivity contribution in [3.05, 3.63) is 35.2 Å². The molecule has 0 radical (unpaired) electrons. The van der Waals surface area contributed by atoms with Gasteiger partial charge in [0.25, 0.3) is 0 Å². The normalized spacial score (nSPS) is 14.6. The van der Waals surface area contributed by atoms with Crippen LogP contribution in [0, 0.1) is 0 Å². The van der Waals surface area contributed by atoms with Crippen LogP contribution in [0.5, 0.6) is 0 Å². The van der Waals surface area contributed by atoms with Crippen molar-refractivity contribution in [1.82, 2.24) is 0 Å². The molecule has 3 nitrogen and oxygen atoms in total. The lowest BCUT2D eigenvalue weighted by atomic mass is 10.2. The third kappa shape index (κ3) is 2.56. The Morgan fingerprint density at radius 2 is 2.18 bits per heavy atom. The number of fused-ring (bicyclic) bond motifs is 1. The summed E-state index contributed by atoms with van der Waals surface area (Å²) in [4.78, 5) is 10.7. The monoisotopic (exact) mass is 268 g/mol. The van der Waals surface area contributed by atoms with E-state index >= 15 is 0 Å². The van der Waals surface area contributed by atoms with E-state index in [1.807, 2.05) is 29.6 Å². The summed E-state index contributed by atoms with van der Waals surface area (Å²) in [5.41, 5.74) is 0.969. The lowest BCUT2D eigenvalue weighted by molar-refractivity contribution is -0.136. The van der Waals surface area contributed by atoms with Gasteiger partial charge in [-0.25, -0.2) is 0 Å². The summed E-state index contributed by atoms with van der Waals surface area (Å²) >= 11 is 1.59. The van der Waals surface area contributed by atoms with Gasteiger partial charge in [-0.2, -0.15) is 0 Å². The van der Waals surface area contributed by atoms with Gasteiger partial charge in [-0.1, -0.05) is 18.2 Å². The molecule has 2 aromatic rings. The third-order valence-corrected chi connectivity index (χ3v) is 5.20. The van der Waals surface area contributed by atoms with Crippen LogP contribution in [-0.2, 0) is 21.3 Å². The van der Waals surface area contributed by atoms with Crippen molar-refractivity contribution < 1.29 is 14.1 Å². The zero-order valence-corrected chi connectivity index (χ0v) is 10.9. The number of carbonyl (C=O) groups is 1. The number of rotatable bonds is 4. The molecule has 0 amide bonds. The molecule has 0 fully saturated rings. The zero-order valence-electron chi connectivity index (χ0n) is 9.25. The molecule has 0 spiro atoms. The van der Waals surface area contributed by atoms with Gasteiger partial charge in [-0.3, -0.25) is 9.00 Å². The number of benzene rings is 1. The minimum Gasteiger partial charge on any atom is -0.480 e. The average molecular weight is 268 g/mol. The summed E-state index contributed by atoms with van der Waals surface area (Å²) < 4.78 is 13.0. The predicted molar refractivity (Wildman–Crippen MR) is 70.8 cm³/mol. The highest BCUT2D eigenvalue weighted by atomic mass is 32.2. The van der Waals surface area contributed by atoms with Crippen molar-refractivity contribution >= 4 is 38.2 Å². The van der Waals surface area contributed by atoms with Gasteiger partial charge < -0.3 is 5.11 Å². The Morgan fingerprint density at radius 3 is 2.88 bits per heavy atom. The van der Waals surface area contributed by atoms with Gasteiger partial charge in [-0.05, 0) is 29.3 Å². The van der Waals surface area contributed by atoms with Crippen LogP contribution in [0.15, 0.2) is 29.6 Å². The van der Waals surface area contributed by atoms with E-state index in [-0.39, 0.29) is 0 Å². The molecule has 0 aliphatic carbocycles. The molecule has 2 atom stereocenters. The van der Waals surface area contributed by atoms with E-state index in [0.717, 1.165) is 15.6 Å². The van der Waals surface area contributed by atoms with Gasteiger partial charge >= 0.3 is 5.97 Å². The molecule has 0 aliphatic rings. The molecule has 0 saturated carbocycles. The van der Waals surface area contributed by atoms with E-state index < -0.39 is 22.0 Å². The zero-order chi connectivity index (χ0) is 12.4. The highest BCUT2D eigenvalue weighted by molar-refractivity contribution is 7.85. The van der Waals surface area contributed by atoms with E-state index in [1.165, 1.54) is 6.92 Å². The molecular formula is C12H12O3S2. The van der Waals surface area contributed by atoms with Crippen LogP contribution in [0.3, 0.4) is 0 Å². The first-order valence-corrected chi connectivity index (χ1v) is 7.41. The predicted octanol–water partition coefficient (Wildman–Crippen LogP) is 2.62. The second kappa shape index (κ2) is 4.98. The molecule has 1 aromatic heterocycles. The maximum Gasteiger partial charge on any atom is 0.318 e. The van der Waals surface area contributed by atoms with Crippen molar-refractivity contribution in [2.24, 2.45) is 0 Å². The largest absolute Gasteiger partial charge is 0.480 e. The Kier molecular flexibility index (Phi) is 3.59. The van der Waals surface area contributed by atoms with Gasteiger partial charge in [0, 0.05) is 15.5 Å². The molecule has 17 heavy (non-hydrogen) atoms. The first-order chi connectivity index (χ1) is 8.09. The van der Waals surface area contributed by atoms with Crippen molar-refractivity contribution in [2.75, 3.05) is 0 Å². The van der Waals surface area contributed by atoms with E-state index in [0.29, 0.717) is 5.75 Å². The van der Waals surface area contributed by atoms with Gasteiger partial charge in [-0.15, -0.1) is 11.3 Å². The number of thiophene rings is 1. The molecule has 0 bridgehead atoms. The van der Waals surface area contributed by atoms with Gasteiger partial charge in [0.15, 0.2) is 0 Å². The molecule has 5 heteroatoms. The summed E-state index contributed by atoms with van der Waals surface area (Å²) in [7, 11) is -1.37. The van der Waals surface area contributed by atoms with Crippen LogP contribution in [0.2, 0.25) is 0 Å². The number of hydrogen-bond donors (Lipinski definition) is 1. The van der Waals surface area contributed by atoms with Crippen LogP contribution >= 0.6 is 11.3 Å². The standard InChI is InChI=1S/C12H12O3S2/c1-8(12(13)14)17(15)7-9-6-16-11-5-3-2-4-10(9)11/h2-6,8H,7H2,1H3,(H,13,14). The van der Waals surface area contributed by atoms with Gasteiger partial charge in [0.1, 0.15) is 5.25 Å². The average Bonchev–Trinajstić information content (AvgIpc) is 2.71. The van der Waals surface area contributed by atoms with Gasteiger partial charge in [0.05, 0.1) is 5.75 Å². The van der Waals surface area contributed by atoms with E-state index in [2.05, 4.69) is 0 Å². The van der Waals surface area contributed by atoms with E-state index in [9.17, 15) is 9.00 Å². The van der Waals surface area contributed by atoms with Crippen LogP contribution < -0.4 is 0 Å². The Balaban J connectivity index is 2.24. The second-order valence-electron chi connectivity index (χ2n) is 3.76. The topological polar surface area (TPSA) is 54.4 Å². The van der Waals surface area contributed by atoms with Crippen LogP contribution in [0.4, 0.5) is 0 Å². The highest BCUT2D eigenvalue weighted by Crippen LogP contribution is 2.27. The van der Waals surface area contributed by atoms with E-state index in [1.54, 1.807) is 11.3 Å². The number of aliphatic carboxylic acids is 1. The molecule has 0 saturated heterocycles. The number of hydrogen-bond acceptors (Lipinski definition) is 3. The molecule has 1 heterocycles. The summed E-state index contributed by atoms with van der Waals surface area (Å²) in [5.74, 6) is -0.708. The Morgan fingerprint density at radius 1 is 1.47 bits per heavy atom. The Hall–Kier alpha value is -1.20. The Bertz CT molecular complexity index is 574. The van der Waals surface area contributed by atoms with Crippen molar-refractivity contribution in [3.8, 4) is 0 Å². The molecule has 2 rings (SSSR count). The third-order valence-electron chi connectivity index (χ3n) is 2.60. The quantitative estimate of drug-likeness (QED) is 0.927.